The molecule has 1 aliphatic heterocycles. The average molecular weight is 346 g/mol. The highest BCUT2D eigenvalue weighted by molar-refractivity contribution is 5.91. The molecule has 1 aromatic heterocycles. The molecular formula is C18H26N4O3. The quantitative estimate of drug-likeness (QED) is 0.642. The maximum atomic E-state index is 12.4. The maximum Gasteiger partial charge on any atom is 0.309 e. The Morgan fingerprint density at radius 1 is 1.36 bits per heavy atom. The second-order valence-corrected chi connectivity index (χ2v) is 6.97. The number of anilines is 1. The van der Waals surface area contributed by atoms with Crippen molar-refractivity contribution >= 4 is 17.7 Å². The van der Waals surface area contributed by atoms with Crippen LogP contribution in [-0.2, 0) is 21.4 Å². The van der Waals surface area contributed by atoms with Crippen LogP contribution in [0.1, 0.15) is 13.8 Å². The predicted molar refractivity (Wildman–Crippen MR) is 93.7 cm³/mol. The molecule has 0 bridgehead atoms. The van der Waals surface area contributed by atoms with Gasteiger partial charge in [-0.3, -0.25) is 19.2 Å². The van der Waals surface area contributed by atoms with Crippen LogP contribution in [0.2, 0.25) is 0 Å². The van der Waals surface area contributed by atoms with Gasteiger partial charge in [0, 0.05) is 32.4 Å². The molecule has 1 aliphatic carbocycles. The Labute approximate surface area is 148 Å². The van der Waals surface area contributed by atoms with Crippen LogP contribution in [0.3, 0.4) is 0 Å². The van der Waals surface area contributed by atoms with Gasteiger partial charge in [-0.1, -0.05) is 19.1 Å². The van der Waals surface area contributed by atoms with Gasteiger partial charge in [-0.2, -0.15) is 5.10 Å². The molecule has 1 fully saturated rings. The first-order chi connectivity index (χ1) is 12.0. The van der Waals surface area contributed by atoms with Crippen LogP contribution >= 0.6 is 0 Å². The van der Waals surface area contributed by atoms with Crippen LogP contribution in [0.25, 0.3) is 0 Å². The Morgan fingerprint density at radius 2 is 2.16 bits per heavy atom. The van der Waals surface area contributed by atoms with E-state index < -0.39 is 0 Å². The van der Waals surface area contributed by atoms with Gasteiger partial charge in [0.1, 0.15) is 0 Å². The lowest BCUT2D eigenvalue weighted by Gasteiger charge is -2.32. The summed E-state index contributed by atoms with van der Waals surface area (Å²) in [5.41, 5.74) is 0. The molecule has 2 heterocycles. The highest BCUT2D eigenvalue weighted by Gasteiger charge is 2.44. The molecule has 7 heteroatoms. The van der Waals surface area contributed by atoms with Gasteiger partial charge < -0.3 is 10.1 Å². The van der Waals surface area contributed by atoms with Gasteiger partial charge in [-0.15, -0.1) is 0 Å². The van der Waals surface area contributed by atoms with Gasteiger partial charge in [0.05, 0.1) is 19.1 Å². The van der Waals surface area contributed by atoms with Crippen molar-refractivity contribution in [2.45, 2.75) is 13.8 Å². The second kappa shape index (κ2) is 7.39. The molecule has 0 radical (unpaired) electrons. The fraction of sp³-hybridized carbons (Fsp3) is 0.611. The zero-order valence-corrected chi connectivity index (χ0v) is 15.0. The standard InChI is InChI=1S/C18H26N4O3/c1-4-25-18(24)17-12(2)5-6-13-9-22(10-14(13)17)11-16(23)19-15-7-8-21(3)20-15/h5-8,12-14,17H,4,9-11H2,1-3H3,(H,19,20,23)/t12-,13-,14-,17-/m0/s1. The molecule has 1 aromatic rings. The predicted octanol–water partition coefficient (Wildman–Crippen LogP) is 1.29. The lowest BCUT2D eigenvalue weighted by Crippen LogP contribution is -2.37. The van der Waals surface area contributed by atoms with Crippen LogP contribution < -0.4 is 5.32 Å². The van der Waals surface area contributed by atoms with Gasteiger partial charge in [-0.05, 0) is 24.7 Å². The van der Waals surface area contributed by atoms with Gasteiger partial charge in [0.2, 0.25) is 5.91 Å². The lowest BCUT2D eigenvalue weighted by molar-refractivity contribution is -0.152. The van der Waals surface area contributed by atoms with E-state index in [9.17, 15) is 9.59 Å². The van der Waals surface area contributed by atoms with E-state index in [-0.39, 0.29) is 29.6 Å². The molecule has 3 rings (SSSR count). The molecule has 2 aliphatic rings. The molecule has 0 aromatic carbocycles. The van der Waals surface area contributed by atoms with Gasteiger partial charge >= 0.3 is 5.97 Å². The van der Waals surface area contributed by atoms with Crippen molar-refractivity contribution in [2.75, 3.05) is 31.6 Å². The second-order valence-electron chi connectivity index (χ2n) is 6.97. The number of carbonyl (C=O) groups is 2. The lowest BCUT2D eigenvalue weighted by atomic mass is 9.72. The topological polar surface area (TPSA) is 76.5 Å². The van der Waals surface area contributed by atoms with Crippen LogP contribution in [0, 0.1) is 23.7 Å². The Balaban J connectivity index is 1.60. The van der Waals surface area contributed by atoms with E-state index in [0.717, 1.165) is 13.1 Å². The smallest absolute Gasteiger partial charge is 0.309 e. The molecule has 25 heavy (non-hydrogen) atoms. The summed E-state index contributed by atoms with van der Waals surface area (Å²) in [5, 5.41) is 6.97. The van der Waals surface area contributed by atoms with Crippen molar-refractivity contribution in [1.29, 1.82) is 0 Å². The molecule has 7 nitrogen and oxygen atoms in total. The van der Waals surface area contributed by atoms with Gasteiger partial charge in [0.25, 0.3) is 0 Å². The zero-order valence-electron chi connectivity index (χ0n) is 15.0. The number of likely N-dealkylation sites (tertiary alicyclic amines) is 1. The average Bonchev–Trinajstić information content (AvgIpc) is 3.12. The van der Waals surface area contributed by atoms with Crippen LogP contribution in [0.5, 0.6) is 0 Å². The van der Waals surface area contributed by atoms with Gasteiger partial charge in [0.15, 0.2) is 5.82 Å². The van der Waals surface area contributed by atoms with E-state index in [1.807, 2.05) is 14.0 Å². The molecule has 0 spiro atoms. The van der Waals surface area contributed by atoms with E-state index in [0.29, 0.717) is 24.9 Å². The monoisotopic (exact) mass is 346 g/mol. The molecule has 136 valence electrons. The summed E-state index contributed by atoms with van der Waals surface area (Å²) in [4.78, 5) is 26.7. The number of aromatic nitrogens is 2. The first kappa shape index (κ1) is 17.7. The number of ether oxygens (including phenoxy) is 1. The number of rotatable bonds is 5. The minimum atomic E-state index is -0.126. The van der Waals surface area contributed by atoms with Crippen LogP contribution in [0.4, 0.5) is 5.82 Å². The van der Waals surface area contributed by atoms with Crippen molar-refractivity contribution < 1.29 is 14.3 Å². The fourth-order valence-corrected chi connectivity index (χ4v) is 3.98. The molecule has 0 saturated carbocycles. The fourth-order valence-electron chi connectivity index (χ4n) is 3.98. The van der Waals surface area contributed by atoms with Crippen LogP contribution in [-0.4, -0.2) is 52.8 Å². The summed E-state index contributed by atoms with van der Waals surface area (Å²) in [6.45, 7) is 6.13. The van der Waals surface area contributed by atoms with Crippen molar-refractivity contribution in [2.24, 2.45) is 30.7 Å². The van der Waals surface area contributed by atoms with Crippen molar-refractivity contribution in [3.63, 3.8) is 0 Å². The molecule has 4 atom stereocenters. The number of carbonyl (C=O) groups excluding carboxylic acids is 2. The number of nitrogens with one attached hydrogen (secondary N) is 1. The summed E-state index contributed by atoms with van der Waals surface area (Å²) in [6.07, 6.45) is 6.10. The Hall–Kier alpha value is -2.15. The first-order valence-electron chi connectivity index (χ1n) is 8.84. The van der Waals surface area contributed by atoms with Crippen molar-refractivity contribution in [1.82, 2.24) is 14.7 Å². The van der Waals surface area contributed by atoms with Gasteiger partial charge in [-0.25, -0.2) is 0 Å². The number of amides is 1. The number of hydrogen-bond donors (Lipinski definition) is 1. The Bertz CT molecular complexity index is 669. The molecule has 1 amide bonds. The summed E-state index contributed by atoms with van der Waals surface area (Å²) >= 11 is 0. The van der Waals surface area contributed by atoms with E-state index in [1.54, 1.807) is 16.9 Å². The van der Waals surface area contributed by atoms with Crippen molar-refractivity contribution in [3.8, 4) is 0 Å². The third-order valence-corrected chi connectivity index (χ3v) is 5.08. The van der Waals surface area contributed by atoms with E-state index in [2.05, 4.69) is 34.4 Å². The van der Waals surface area contributed by atoms with E-state index in [1.165, 1.54) is 0 Å². The summed E-state index contributed by atoms with van der Waals surface area (Å²) in [7, 11) is 1.81. The largest absolute Gasteiger partial charge is 0.466 e. The van der Waals surface area contributed by atoms with Crippen LogP contribution in [0.15, 0.2) is 24.4 Å². The molecule has 0 unspecified atom stereocenters. The normalized spacial score (nSPS) is 28.6. The first-order valence-corrected chi connectivity index (χ1v) is 8.84. The third kappa shape index (κ3) is 3.92. The minimum Gasteiger partial charge on any atom is -0.466 e. The number of hydrogen-bond acceptors (Lipinski definition) is 5. The third-order valence-electron chi connectivity index (χ3n) is 5.08. The molecular weight excluding hydrogens is 320 g/mol. The number of aryl methyl sites for hydroxylation is 1. The zero-order chi connectivity index (χ0) is 18.0. The molecule has 1 saturated heterocycles. The Kier molecular flexibility index (Phi) is 5.22. The number of fused-ring (bicyclic) bond motifs is 1. The Morgan fingerprint density at radius 3 is 2.84 bits per heavy atom. The molecule has 1 N–H and O–H groups in total. The summed E-state index contributed by atoms with van der Waals surface area (Å²) < 4.78 is 6.93. The highest BCUT2D eigenvalue weighted by Crippen LogP contribution is 2.39. The van der Waals surface area contributed by atoms with E-state index in [4.69, 9.17) is 4.74 Å². The number of allylic oxidation sites excluding steroid dienone is 1. The number of esters is 1. The SMILES string of the molecule is CCOC(=O)[C@@H]1[C@H]2CN(CC(=O)Nc3ccn(C)n3)C[C@@H]2C=C[C@@H]1C. The van der Waals surface area contributed by atoms with E-state index >= 15 is 0 Å². The maximum absolute atomic E-state index is 12.4. The highest BCUT2D eigenvalue weighted by atomic mass is 16.5. The van der Waals surface area contributed by atoms with Crippen molar-refractivity contribution in [3.05, 3.63) is 24.4 Å². The summed E-state index contributed by atoms with van der Waals surface area (Å²) in [6, 6.07) is 1.77. The minimum absolute atomic E-state index is 0.0814. The summed E-state index contributed by atoms with van der Waals surface area (Å²) in [5.74, 6) is 0.912. The number of nitrogens with zero attached hydrogens (tertiary/aromatic N) is 3.